The van der Waals surface area contributed by atoms with Crippen molar-refractivity contribution < 1.29 is 0 Å². The minimum Gasteiger partial charge on any atom is -0.329 e. The van der Waals surface area contributed by atoms with E-state index in [0.717, 1.165) is 24.3 Å². The Morgan fingerprint density at radius 3 is 1.74 bits per heavy atom. The van der Waals surface area contributed by atoms with Crippen LogP contribution in [0.2, 0.25) is 0 Å². The van der Waals surface area contributed by atoms with Crippen molar-refractivity contribution in [3.05, 3.63) is 0 Å². The van der Waals surface area contributed by atoms with E-state index in [1.807, 2.05) is 0 Å². The van der Waals surface area contributed by atoms with Gasteiger partial charge in [-0.2, -0.15) is 0 Å². The molecule has 2 heteroatoms. The molecule has 1 rings (SSSR count). The number of nitrogens with zero attached hydrogens (tertiary/aromatic N) is 1. The third kappa shape index (κ3) is 6.27. The molecule has 1 fully saturated rings. The molecule has 2 nitrogen and oxygen atoms in total. The molecule has 0 aromatic carbocycles. The third-order valence-corrected chi connectivity index (χ3v) is 4.35. The minimum absolute atomic E-state index is 0.614. The molecule has 114 valence electrons. The van der Waals surface area contributed by atoms with Crippen LogP contribution in [0.15, 0.2) is 0 Å². The van der Waals surface area contributed by atoms with Crippen LogP contribution in [0.1, 0.15) is 66.2 Å². The molecule has 1 unspecified atom stereocenters. The smallest absolute Gasteiger partial charge is 0.0246 e. The Morgan fingerprint density at radius 2 is 1.37 bits per heavy atom. The summed E-state index contributed by atoms with van der Waals surface area (Å²) in [7, 11) is 0. The van der Waals surface area contributed by atoms with E-state index >= 15 is 0 Å². The van der Waals surface area contributed by atoms with Gasteiger partial charge in [0.1, 0.15) is 0 Å². The van der Waals surface area contributed by atoms with Crippen LogP contribution in [0.5, 0.6) is 0 Å². The van der Waals surface area contributed by atoms with E-state index < -0.39 is 0 Å². The highest BCUT2D eigenvalue weighted by atomic mass is 15.2. The van der Waals surface area contributed by atoms with Crippen molar-refractivity contribution in [3.63, 3.8) is 0 Å². The Labute approximate surface area is 121 Å². The Kier molecular flexibility index (Phi) is 8.01. The first-order valence-electron chi connectivity index (χ1n) is 8.48. The highest BCUT2D eigenvalue weighted by Crippen LogP contribution is 2.28. The van der Waals surface area contributed by atoms with Crippen molar-refractivity contribution in [3.8, 4) is 0 Å². The van der Waals surface area contributed by atoms with Crippen molar-refractivity contribution in [1.29, 1.82) is 0 Å². The first-order valence-corrected chi connectivity index (χ1v) is 8.48. The van der Waals surface area contributed by atoms with Gasteiger partial charge < -0.3 is 5.73 Å². The van der Waals surface area contributed by atoms with Gasteiger partial charge in [0, 0.05) is 25.7 Å². The van der Waals surface area contributed by atoms with Crippen molar-refractivity contribution >= 4 is 0 Å². The van der Waals surface area contributed by atoms with E-state index in [4.69, 9.17) is 5.73 Å². The summed E-state index contributed by atoms with van der Waals surface area (Å²) >= 11 is 0. The van der Waals surface area contributed by atoms with Gasteiger partial charge in [-0.25, -0.2) is 0 Å². The maximum atomic E-state index is 6.17. The van der Waals surface area contributed by atoms with Crippen LogP contribution >= 0.6 is 0 Å². The summed E-state index contributed by atoms with van der Waals surface area (Å²) < 4.78 is 0. The maximum absolute atomic E-state index is 6.17. The summed E-state index contributed by atoms with van der Waals surface area (Å²) in [5.74, 6) is 2.31. The second-order valence-electron chi connectivity index (χ2n) is 7.30. The van der Waals surface area contributed by atoms with Gasteiger partial charge in [-0.1, -0.05) is 53.4 Å². The maximum Gasteiger partial charge on any atom is 0.0246 e. The molecule has 0 bridgehead atoms. The summed E-state index contributed by atoms with van der Waals surface area (Å²) in [5, 5.41) is 0. The van der Waals surface area contributed by atoms with E-state index in [-0.39, 0.29) is 0 Å². The Bertz CT molecular complexity index is 207. The fraction of sp³-hybridized carbons (Fsp3) is 1.00. The second kappa shape index (κ2) is 8.97. The molecule has 0 aromatic heterocycles. The van der Waals surface area contributed by atoms with Gasteiger partial charge >= 0.3 is 0 Å². The van der Waals surface area contributed by atoms with E-state index in [1.54, 1.807) is 0 Å². The molecule has 1 atom stereocenters. The lowest BCUT2D eigenvalue weighted by atomic mass is 9.89. The summed E-state index contributed by atoms with van der Waals surface area (Å²) in [4.78, 5) is 2.70. The highest BCUT2D eigenvalue weighted by molar-refractivity contribution is 4.83. The lowest BCUT2D eigenvalue weighted by molar-refractivity contribution is 0.108. The summed E-state index contributed by atoms with van der Waals surface area (Å²) in [6, 6.07) is 0.614. The molecule has 0 saturated heterocycles. The molecule has 0 radical (unpaired) electrons. The molecule has 0 spiro atoms. The first kappa shape index (κ1) is 17.0. The Morgan fingerprint density at radius 1 is 0.895 bits per heavy atom. The lowest BCUT2D eigenvalue weighted by Crippen LogP contribution is -2.48. The SMILES string of the molecule is CC(C)CN(CC(C)C)C(CN)C1CCCCCC1. The minimum atomic E-state index is 0.614. The Balaban J connectivity index is 2.68. The van der Waals surface area contributed by atoms with Crippen LogP contribution in [0, 0.1) is 17.8 Å². The summed E-state index contributed by atoms with van der Waals surface area (Å²) in [6.45, 7) is 12.6. The van der Waals surface area contributed by atoms with Crippen LogP contribution in [0.25, 0.3) is 0 Å². The molecule has 19 heavy (non-hydrogen) atoms. The number of hydrogen-bond donors (Lipinski definition) is 1. The van der Waals surface area contributed by atoms with Crippen molar-refractivity contribution in [2.24, 2.45) is 23.5 Å². The van der Waals surface area contributed by atoms with E-state index in [2.05, 4.69) is 32.6 Å². The monoisotopic (exact) mass is 268 g/mol. The summed E-state index contributed by atoms with van der Waals surface area (Å²) in [6.07, 6.45) is 8.49. The van der Waals surface area contributed by atoms with Gasteiger partial charge in [-0.15, -0.1) is 0 Å². The summed E-state index contributed by atoms with van der Waals surface area (Å²) in [5.41, 5.74) is 6.17. The average molecular weight is 268 g/mol. The van der Waals surface area contributed by atoms with Crippen molar-refractivity contribution in [2.75, 3.05) is 19.6 Å². The first-order chi connectivity index (χ1) is 9.04. The second-order valence-corrected chi connectivity index (χ2v) is 7.30. The Hall–Kier alpha value is -0.0800. The van der Waals surface area contributed by atoms with Gasteiger partial charge in [-0.05, 0) is 30.6 Å². The lowest BCUT2D eigenvalue weighted by Gasteiger charge is -2.38. The van der Waals surface area contributed by atoms with Gasteiger partial charge in [0.15, 0.2) is 0 Å². The molecule has 0 aromatic rings. The molecule has 0 amide bonds. The zero-order chi connectivity index (χ0) is 14.3. The quantitative estimate of drug-likeness (QED) is 0.710. The largest absolute Gasteiger partial charge is 0.329 e. The number of nitrogens with two attached hydrogens (primary N) is 1. The zero-order valence-electron chi connectivity index (χ0n) is 13.7. The van der Waals surface area contributed by atoms with Gasteiger partial charge in [0.2, 0.25) is 0 Å². The zero-order valence-corrected chi connectivity index (χ0v) is 13.7. The molecule has 0 aliphatic heterocycles. The normalized spacial score (nSPS) is 20.2. The van der Waals surface area contributed by atoms with Crippen LogP contribution in [0.4, 0.5) is 0 Å². The van der Waals surface area contributed by atoms with Crippen LogP contribution in [-0.2, 0) is 0 Å². The fourth-order valence-corrected chi connectivity index (χ4v) is 3.62. The standard InChI is InChI=1S/C17H36N2/c1-14(2)12-19(13-15(3)4)17(11-18)16-9-7-5-6-8-10-16/h14-17H,5-13,18H2,1-4H3. The highest BCUT2D eigenvalue weighted by Gasteiger charge is 2.27. The molecule has 1 saturated carbocycles. The van der Waals surface area contributed by atoms with Crippen molar-refractivity contribution in [1.82, 2.24) is 4.90 Å². The molecular formula is C17H36N2. The molecular weight excluding hydrogens is 232 g/mol. The average Bonchev–Trinajstić information content (AvgIpc) is 2.57. The van der Waals surface area contributed by atoms with Gasteiger partial charge in [0.05, 0.1) is 0 Å². The van der Waals surface area contributed by atoms with Crippen LogP contribution in [0.3, 0.4) is 0 Å². The van der Waals surface area contributed by atoms with E-state index in [0.29, 0.717) is 6.04 Å². The fourth-order valence-electron chi connectivity index (χ4n) is 3.62. The van der Waals surface area contributed by atoms with Crippen molar-refractivity contribution in [2.45, 2.75) is 72.3 Å². The van der Waals surface area contributed by atoms with Crippen LogP contribution in [-0.4, -0.2) is 30.6 Å². The predicted molar refractivity (Wildman–Crippen MR) is 85.3 cm³/mol. The third-order valence-electron chi connectivity index (χ3n) is 4.35. The number of rotatable bonds is 7. The molecule has 1 aliphatic rings. The topological polar surface area (TPSA) is 29.3 Å². The van der Waals surface area contributed by atoms with E-state index in [9.17, 15) is 0 Å². The van der Waals surface area contributed by atoms with Gasteiger partial charge in [-0.3, -0.25) is 4.90 Å². The van der Waals surface area contributed by atoms with E-state index in [1.165, 1.54) is 51.6 Å². The molecule has 1 aliphatic carbocycles. The predicted octanol–water partition coefficient (Wildman–Crippen LogP) is 3.90. The number of hydrogen-bond acceptors (Lipinski definition) is 2. The molecule has 2 N–H and O–H groups in total. The van der Waals surface area contributed by atoms with Crippen LogP contribution < -0.4 is 5.73 Å². The molecule has 0 heterocycles. The van der Waals surface area contributed by atoms with Gasteiger partial charge in [0.25, 0.3) is 0 Å².